The van der Waals surface area contributed by atoms with E-state index in [1.165, 1.54) is 5.56 Å². The number of ether oxygens (including phenoxy) is 1. The van der Waals surface area contributed by atoms with Crippen LogP contribution in [0.15, 0.2) is 47.4 Å². The van der Waals surface area contributed by atoms with E-state index >= 15 is 0 Å². The third-order valence-electron chi connectivity index (χ3n) is 5.58. The maximum Gasteiger partial charge on any atom is 0.258 e. The number of fused-ring (bicyclic) bond motifs is 1. The zero-order valence-electron chi connectivity index (χ0n) is 16.1. The number of rotatable bonds is 3. The third-order valence-corrected chi connectivity index (χ3v) is 5.58. The minimum Gasteiger partial charge on any atom is -0.496 e. The molecule has 1 saturated heterocycles. The van der Waals surface area contributed by atoms with Crippen LogP contribution in [0.3, 0.4) is 0 Å². The molecule has 1 aliphatic rings. The topological polar surface area (TPSA) is 46.8 Å². The Balaban J connectivity index is 1.72. The average molecular weight is 363 g/mol. The van der Waals surface area contributed by atoms with Crippen molar-refractivity contribution in [3.63, 3.8) is 0 Å². The summed E-state index contributed by atoms with van der Waals surface area (Å²) in [6.45, 7) is 4.20. The van der Waals surface area contributed by atoms with Crippen LogP contribution in [0.4, 0.5) is 0 Å². The molecule has 1 fully saturated rings. The number of aromatic nitrogens is 2. The molecule has 3 heterocycles. The number of pyridine rings is 1. The Labute approximate surface area is 159 Å². The first-order valence-corrected chi connectivity index (χ1v) is 9.42. The number of aryl methyl sites for hydroxylation is 1. The molecule has 0 N–H and O–H groups in total. The van der Waals surface area contributed by atoms with E-state index in [1.54, 1.807) is 17.6 Å². The van der Waals surface area contributed by atoms with E-state index < -0.39 is 0 Å². The van der Waals surface area contributed by atoms with E-state index in [-0.39, 0.29) is 5.56 Å². The summed E-state index contributed by atoms with van der Waals surface area (Å²) in [5.74, 6) is 1.31. The molecule has 0 unspecified atom stereocenters. The first-order chi connectivity index (χ1) is 13.0. The molecule has 140 valence electrons. The summed E-state index contributed by atoms with van der Waals surface area (Å²) < 4.78 is 7.07. The Morgan fingerprint density at radius 2 is 1.89 bits per heavy atom. The maximum atomic E-state index is 12.8. The zero-order chi connectivity index (χ0) is 19.0. The molecular weight excluding hydrogens is 338 g/mol. The molecule has 0 amide bonds. The number of benzene rings is 1. The van der Waals surface area contributed by atoms with Gasteiger partial charge < -0.3 is 9.64 Å². The SMILES string of the molecule is COc1cc(-c2cc(=O)n3cc(C4CCN(C)CC4)ccc3n2)ccc1C. The van der Waals surface area contributed by atoms with Crippen LogP contribution in [0.25, 0.3) is 16.9 Å². The predicted octanol–water partition coefficient (Wildman–Crippen LogP) is 3.49. The van der Waals surface area contributed by atoms with E-state index in [1.807, 2.05) is 37.4 Å². The van der Waals surface area contributed by atoms with Gasteiger partial charge >= 0.3 is 0 Å². The van der Waals surface area contributed by atoms with Crippen molar-refractivity contribution in [3.05, 3.63) is 64.1 Å². The van der Waals surface area contributed by atoms with Gasteiger partial charge in [0, 0.05) is 17.8 Å². The normalized spacial score (nSPS) is 16.0. The number of methoxy groups -OCH3 is 1. The van der Waals surface area contributed by atoms with Crippen LogP contribution in [0.2, 0.25) is 0 Å². The average Bonchev–Trinajstić information content (AvgIpc) is 2.68. The van der Waals surface area contributed by atoms with Gasteiger partial charge in [0.15, 0.2) is 0 Å². The highest BCUT2D eigenvalue weighted by Gasteiger charge is 2.19. The van der Waals surface area contributed by atoms with Gasteiger partial charge in [0.1, 0.15) is 11.4 Å². The lowest BCUT2D eigenvalue weighted by molar-refractivity contribution is 0.255. The molecule has 2 aromatic heterocycles. The zero-order valence-corrected chi connectivity index (χ0v) is 16.1. The lowest BCUT2D eigenvalue weighted by Crippen LogP contribution is -2.29. The maximum absolute atomic E-state index is 12.8. The summed E-state index contributed by atoms with van der Waals surface area (Å²) in [7, 11) is 3.81. The Morgan fingerprint density at radius 1 is 1.11 bits per heavy atom. The van der Waals surface area contributed by atoms with Gasteiger partial charge in [-0.1, -0.05) is 18.2 Å². The third kappa shape index (κ3) is 3.47. The molecule has 3 aromatic rings. The number of hydrogen-bond acceptors (Lipinski definition) is 4. The van der Waals surface area contributed by atoms with Gasteiger partial charge in [0.25, 0.3) is 5.56 Å². The van der Waals surface area contributed by atoms with Crippen molar-refractivity contribution in [2.45, 2.75) is 25.7 Å². The summed E-state index contributed by atoms with van der Waals surface area (Å²) in [6, 6.07) is 11.6. The lowest BCUT2D eigenvalue weighted by atomic mass is 9.91. The highest BCUT2D eigenvalue weighted by Crippen LogP contribution is 2.28. The van der Waals surface area contributed by atoms with Crippen LogP contribution in [0, 0.1) is 6.92 Å². The van der Waals surface area contributed by atoms with Gasteiger partial charge in [-0.15, -0.1) is 0 Å². The van der Waals surface area contributed by atoms with E-state index in [0.29, 0.717) is 17.3 Å². The van der Waals surface area contributed by atoms with Crippen molar-refractivity contribution in [1.82, 2.24) is 14.3 Å². The van der Waals surface area contributed by atoms with E-state index in [0.717, 1.165) is 42.8 Å². The van der Waals surface area contributed by atoms with Crippen molar-refractivity contribution >= 4 is 5.65 Å². The quantitative estimate of drug-likeness (QED) is 0.715. The minimum absolute atomic E-state index is 0.0516. The fourth-order valence-electron chi connectivity index (χ4n) is 3.83. The van der Waals surface area contributed by atoms with Crippen LogP contribution >= 0.6 is 0 Å². The Morgan fingerprint density at radius 3 is 2.63 bits per heavy atom. The Kier molecular flexibility index (Phi) is 4.70. The summed E-state index contributed by atoms with van der Waals surface area (Å²) in [5, 5.41) is 0. The first kappa shape index (κ1) is 17.7. The highest BCUT2D eigenvalue weighted by atomic mass is 16.5. The van der Waals surface area contributed by atoms with Crippen molar-refractivity contribution < 1.29 is 4.74 Å². The molecular formula is C22H25N3O2. The minimum atomic E-state index is -0.0516. The summed E-state index contributed by atoms with van der Waals surface area (Å²) >= 11 is 0. The van der Waals surface area contributed by atoms with Gasteiger partial charge in [-0.05, 0) is 69.1 Å². The summed E-state index contributed by atoms with van der Waals surface area (Å²) in [4.78, 5) is 19.8. The summed E-state index contributed by atoms with van der Waals surface area (Å²) in [5.41, 5.74) is 4.46. The first-order valence-electron chi connectivity index (χ1n) is 9.42. The molecule has 0 bridgehead atoms. The molecule has 0 spiro atoms. The fourth-order valence-corrected chi connectivity index (χ4v) is 3.83. The highest BCUT2D eigenvalue weighted by molar-refractivity contribution is 5.64. The Bertz CT molecular complexity index is 1030. The van der Waals surface area contributed by atoms with Crippen molar-refractivity contribution in [3.8, 4) is 17.0 Å². The molecule has 0 saturated carbocycles. The predicted molar refractivity (Wildman–Crippen MR) is 108 cm³/mol. The van der Waals surface area contributed by atoms with E-state index in [9.17, 15) is 4.79 Å². The number of hydrogen-bond donors (Lipinski definition) is 0. The lowest BCUT2D eigenvalue weighted by Gasteiger charge is -2.29. The molecule has 0 aliphatic carbocycles. The van der Waals surface area contributed by atoms with Crippen molar-refractivity contribution in [2.75, 3.05) is 27.2 Å². The van der Waals surface area contributed by atoms with Crippen LogP contribution in [-0.2, 0) is 0 Å². The second kappa shape index (κ2) is 7.16. The van der Waals surface area contributed by atoms with E-state index in [4.69, 9.17) is 9.72 Å². The molecule has 1 aliphatic heterocycles. The van der Waals surface area contributed by atoms with Crippen molar-refractivity contribution in [1.29, 1.82) is 0 Å². The molecule has 0 atom stereocenters. The molecule has 1 aromatic carbocycles. The summed E-state index contributed by atoms with van der Waals surface area (Å²) in [6.07, 6.45) is 4.23. The van der Waals surface area contributed by atoms with Gasteiger partial charge in [-0.3, -0.25) is 9.20 Å². The smallest absolute Gasteiger partial charge is 0.258 e. The molecule has 27 heavy (non-hydrogen) atoms. The molecule has 4 rings (SSSR count). The van der Waals surface area contributed by atoms with Crippen molar-refractivity contribution in [2.24, 2.45) is 0 Å². The molecule has 5 heteroatoms. The molecule has 0 radical (unpaired) electrons. The van der Waals surface area contributed by atoms with Crippen LogP contribution in [0.1, 0.15) is 29.9 Å². The second-order valence-electron chi connectivity index (χ2n) is 7.43. The standard InChI is InChI=1S/C22H25N3O2/c1-15-4-5-17(12-20(15)27-3)19-13-22(26)25-14-18(6-7-21(25)23-19)16-8-10-24(2)11-9-16/h4-7,12-14,16H,8-11H2,1-3H3. The van der Waals surface area contributed by atoms with Gasteiger partial charge in [-0.25, -0.2) is 4.98 Å². The number of nitrogens with zero attached hydrogens (tertiary/aromatic N) is 3. The number of piperidine rings is 1. The van der Waals surface area contributed by atoms with Crippen LogP contribution in [0.5, 0.6) is 5.75 Å². The number of likely N-dealkylation sites (tertiary alicyclic amines) is 1. The second-order valence-corrected chi connectivity index (χ2v) is 7.43. The van der Waals surface area contributed by atoms with E-state index in [2.05, 4.69) is 18.0 Å². The fraction of sp³-hybridized carbons (Fsp3) is 0.364. The largest absolute Gasteiger partial charge is 0.496 e. The van der Waals surface area contributed by atoms with Gasteiger partial charge in [-0.2, -0.15) is 0 Å². The van der Waals surface area contributed by atoms with Gasteiger partial charge in [0.05, 0.1) is 12.8 Å². The van der Waals surface area contributed by atoms with Crippen LogP contribution in [-0.4, -0.2) is 41.5 Å². The van der Waals surface area contributed by atoms with Crippen LogP contribution < -0.4 is 10.3 Å². The monoisotopic (exact) mass is 363 g/mol. The van der Waals surface area contributed by atoms with Gasteiger partial charge in [0.2, 0.25) is 0 Å². The Hall–Kier alpha value is -2.66. The molecule has 5 nitrogen and oxygen atoms in total.